The number of halogens is 3. The molecule has 0 aliphatic carbocycles. The van der Waals surface area contributed by atoms with Crippen molar-refractivity contribution < 1.29 is 0 Å². The Morgan fingerprint density at radius 3 is 2.32 bits per heavy atom. The van der Waals surface area contributed by atoms with Crippen LogP contribution in [0.3, 0.4) is 0 Å². The number of hydrogen-bond acceptors (Lipinski definition) is 1. The van der Waals surface area contributed by atoms with Gasteiger partial charge in [-0.15, -0.1) is 0 Å². The lowest BCUT2D eigenvalue weighted by Gasteiger charge is -2.18. The third-order valence-corrected chi connectivity index (χ3v) is 4.60. The second-order valence-electron chi connectivity index (χ2n) is 4.60. The molecule has 2 aromatic rings. The monoisotopic (exact) mass is 357 g/mol. The van der Waals surface area contributed by atoms with E-state index < -0.39 is 0 Å². The van der Waals surface area contributed by atoms with Crippen LogP contribution in [0.1, 0.15) is 28.3 Å². The van der Waals surface area contributed by atoms with Gasteiger partial charge in [0.25, 0.3) is 0 Å². The average Bonchev–Trinajstić information content (AvgIpc) is 2.33. The first-order valence-electron chi connectivity index (χ1n) is 5.87. The van der Waals surface area contributed by atoms with Crippen LogP contribution in [0.4, 0.5) is 0 Å². The molecule has 0 fully saturated rings. The fraction of sp³-hybridized carbons (Fsp3) is 0.200. The molecule has 2 rings (SSSR count). The summed E-state index contributed by atoms with van der Waals surface area (Å²) >= 11 is 15.7. The second kappa shape index (κ2) is 5.84. The molecule has 19 heavy (non-hydrogen) atoms. The summed E-state index contributed by atoms with van der Waals surface area (Å²) in [6.07, 6.45) is 0. The van der Waals surface area contributed by atoms with E-state index in [0.29, 0.717) is 10.0 Å². The minimum Gasteiger partial charge on any atom is -0.320 e. The quantitative estimate of drug-likeness (QED) is 0.761. The maximum Gasteiger partial charge on any atom is 0.0569 e. The normalized spacial score (nSPS) is 12.5. The number of rotatable bonds is 2. The molecule has 1 atom stereocenters. The van der Waals surface area contributed by atoms with Crippen LogP contribution in [0.5, 0.6) is 0 Å². The molecule has 0 aliphatic heterocycles. The van der Waals surface area contributed by atoms with Crippen molar-refractivity contribution in [3.63, 3.8) is 0 Å². The Morgan fingerprint density at radius 2 is 1.68 bits per heavy atom. The van der Waals surface area contributed by atoms with Crippen molar-refractivity contribution >= 4 is 39.1 Å². The summed E-state index contributed by atoms with van der Waals surface area (Å²) in [5.74, 6) is 0. The van der Waals surface area contributed by atoms with Crippen molar-refractivity contribution in [3.8, 4) is 0 Å². The second-order valence-corrected chi connectivity index (χ2v) is 6.30. The van der Waals surface area contributed by atoms with Crippen LogP contribution in [0.25, 0.3) is 0 Å². The van der Waals surface area contributed by atoms with E-state index in [4.69, 9.17) is 28.9 Å². The van der Waals surface area contributed by atoms with Gasteiger partial charge in [-0.2, -0.15) is 0 Å². The standard InChI is InChI=1S/C15H14BrCl2N/c1-8-6-13(16)9(2)5-12(8)15(19)11-4-3-10(17)7-14(11)18/h3-7,15H,19H2,1-2H3. The predicted octanol–water partition coefficient (Wildman–Crippen LogP) is 5.42. The molecule has 0 aromatic heterocycles. The first kappa shape index (κ1) is 14.9. The largest absolute Gasteiger partial charge is 0.320 e. The Labute approximate surface area is 131 Å². The van der Waals surface area contributed by atoms with Crippen molar-refractivity contribution in [2.24, 2.45) is 5.73 Å². The van der Waals surface area contributed by atoms with Gasteiger partial charge in [0.15, 0.2) is 0 Å². The molecule has 0 bridgehead atoms. The van der Waals surface area contributed by atoms with Crippen molar-refractivity contribution in [2.75, 3.05) is 0 Å². The number of nitrogens with two attached hydrogens (primary N) is 1. The Kier molecular flexibility index (Phi) is 4.57. The maximum atomic E-state index is 6.34. The zero-order chi connectivity index (χ0) is 14.2. The van der Waals surface area contributed by atoms with E-state index in [9.17, 15) is 0 Å². The van der Waals surface area contributed by atoms with Crippen molar-refractivity contribution in [1.82, 2.24) is 0 Å². The van der Waals surface area contributed by atoms with Crippen molar-refractivity contribution in [1.29, 1.82) is 0 Å². The van der Waals surface area contributed by atoms with E-state index in [1.807, 2.05) is 26.0 Å². The van der Waals surface area contributed by atoms with E-state index >= 15 is 0 Å². The molecule has 0 amide bonds. The third kappa shape index (κ3) is 3.14. The minimum absolute atomic E-state index is 0.253. The molecular weight excluding hydrogens is 345 g/mol. The van der Waals surface area contributed by atoms with Crippen LogP contribution in [0.15, 0.2) is 34.8 Å². The van der Waals surface area contributed by atoms with Crippen molar-refractivity contribution in [3.05, 3.63) is 67.1 Å². The molecule has 0 aliphatic rings. The number of aryl methyl sites for hydroxylation is 2. The summed E-state index contributed by atoms with van der Waals surface area (Å²) in [4.78, 5) is 0. The van der Waals surface area contributed by atoms with Gasteiger partial charge in [0.05, 0.1) is 6.04 Å². The summed E-state index contributed by atoms with van der Waals surface area (Å²) in [5, 5.41) is 1.21. The minimum atomic E-state index is -0.253. The lowest BCUT2D eigenvalue weighted by atomic mass is 9.94. The number of hydrogen-bond donors (Lipinski definition) is 1. The van der Waals surface area contributed by atoms with Gasteiger partial charge < -0.3 is 5.73 Å². The molecule has 0 heterocycles. The Bertz CT molecular complexity index is 626. The topological polar surface area (TPSA) is 26.0 Å². The first-order chi connectivity index (χ1) is 8.90. The Hall–Kier alpha value is -0.540. The van der Waals surface area contributed by atoms with Gasteiger partial charge in [-0.1, -0.05) is 51.3 Å². The smallest absolute Gasteiger partial charge is 0.0569 e. The highest BCUT2D eigenvalue weighted by Gasteiger charge is 2.16. The molecule has 1 unspecified atom stereocenters. The van der Waals surface area contributed by atoms with E-state index in [-0.39, 0.29) is 6.04 Å². The van der Waals surface area contributed by atoms with Gasteiger partial charge >= 0.3 is 0 Å². The molecule has 100 valence electrons. The lowest BCUT2D eigenvalue weighted by Crippen LogP contribution is -2.14. The molecule has 0 saturated heterocycles. The molecule has 4 heteroatoms. The van der Waals surface area contributed by atoms with E-state index in [1.54, 1.807) is 6.07 Å². The van der Waals surface area contributed by atoms with Gasteiger partial charge in [-0.05, 0) is 54.3 Å². The first-order valence-corrected chi connectivity index (χ1v) is 7.42. The Morgan fingerprint density at radius 1 is 1.00 bits per heavy atom. The molecule has 2 aromatic carbocycles. The van der Waals surface area contributed by atoms with Crippen LogP contribution in [-0.4, -0.2) is 0 Å². The highest BCUT2D eigenvalue weighted by atomic mass is 79.9. The molecule has 1 nitrogen and oxygen atoms in total. The number of benzene rings is 2. The van der Waals surface area contributed by atoms with Crippen LogP contribution >= 0.6 is 39.1 Å². The van der Waals surface area contributed by atoms with E-state index in [0.717, 1.165) is 26.7 Å². The van der Waals surface area contributed by atoms with Crippen LogP contribution in [0.2, 0.25) is 10.0 Å². The van der Waals surface area contributed by atoms with Gasteiger partial charge in [0.2, 0.25) is 0 Å². The fourth-order valence-electron chi connectivity index (χ4n) is 2.06. The van der Waals surface area contributed by atoms with Gasteiger partial charge in [0.1, 0.15) is 0 Å². The highest BCUT2D eigenvalue weighted by molar-refractivity contribution is 9.10. The lowest BCUT2D eigenvalue weighted by molar-refractivity contribution is 0.859. The van der Waals surface area contributed by atoms with Gasteiger partial charge in [-0.3, -0.25) is 0 Å². The summed E-state index contributed by atoms with van der Waals surface area (Å²) in [5.41, 5.74) is 10.6. The zero-order valence-corrected chi connectivity index (χ0v) is 13.8. The summed E-state index contributed by atoms with van der Waals surface area (Å²) in [7, 11) is 0. The van der Waals surface area contributed by atoms with Gasteiger partial charge in [0, 0.05) is 14.5 Å². The van der Waals surface area contributed by atoms with Crippen LogP contribution in [-0.2, 0) is 0 Å². The summed E-state index contributed by atoms with van der Waals surface area (Å²) in [6.45, 7) is 4.09. The molecule has 2 N–H and O–H groups in total. The summed E-state index contributed by atoms with van der Waals surface area (Å²) in [6, 6.07) is 9.33. The maximum absolute atomic E-state index is 6.34. The zero-order valence-electron chi connectivity index (χ0n) is 10.7. The van der Waals surface area contributed by atoms with E-state index in [2.05, 4.69) is 28.1 Å². The molecule has 0 spiro atoms. The Balaban J connectivity index is 2.49. The summed E-state index contributed by atoms with van der Waals surface area (Å²) < 4.78 is 1.09. The van der Waals surface area contributed by atoms with Crippen molar-refractivity contribution in [2.45, 2.75) is 19.9 Å². The SMILES string of the molecule is Cc1cc(C(N)c2ccc(Cl)cc2Cl)c(C)cc1Br. The third-order valence-electron chi connectivity index (χ3n) is 3.18. The average molecular weight is 359 g/mol. The molecular formula is C15H14BrCl2N. The fourth-order valence-corrected chi connectivity index (χ4v) is 3.04. The molecule has 0 radical (unpaired) electrons. The highest BCUT2D eigenvalue weighted by Crippen LogP contribution is 2.32. The predicted molar refractivity (Wildman–Crippen MR) is 86.1 cm³/mol. The van der Waals surface area contributed by atoms with Crippen LogP contribution in [0, 0.1) is 13.8 Å². The van der Waals surface area contributed by atoms with Gasteiger partial charge in [-0.25, -0.2) is 0 Å². The molecule has 0 saturated carbocycles. The van der Waals surface area contributed by atoms with Crippen LogP contribution < -0.4 is 5.73 Å². The van der Waals surface area contributed by atoms with E-state index in [1.165, 1.54) is 0 Å².